The number of hydrogen-bond acceptors (Lipinski definition) is 1. The van der Waals surface area contributed by atoms with E-state index in [-0.39, 0.29) is 0 Å². The average Bonchev–Trinajstić information content (AvgIpc) is 2.39. The van der Waals surface area contributed by atoms with Gasteiger partial charge in [0.15, 0.2) is 0 Å². The number of rotatable bonds is 0. The Bertz CT molecular complexity index is 431. The molecule has 2 nitrogen and oxygen atoms in total. The van der Waals surface area contributed by atoms with Crippen molar-refractivity contribution in [3.8, 4) is 0 Å². The van der Waals surface area contributed by atoms with Crippen LogP contribution in [-0.2, 0) is 7.05 Å². The Balaban J connectivity index is 2.89. The molecule has 1 aromatic carbocycles. The maximum absolute atomic E-state index is 5.95. The lowest BCUT2D eigenvalue weighted by Gasteiger charge is -1.95. The molecule has 0 unspecified atom stereocenters. The van der Waals surface area contributed by atoms with E-state index in [1.807, 2.05) is 32.3 Å². The quantitative estimate of drug-likeness (QED) is 0.609. The molecule has 1 aromatic heterocycles. The molecule has 62 valence electrons. The number of fused-ring (bicyclic) bond motifs is 1. The van der Waals surface area contributed by atoms with Crippen LogP contribution in [0.25, 0.3) is 10.9 Å². The van der Waals surface area contributed by atoms with Crippen molar-refractivity contribution in [3.05, 3.63) is 28.9 Å². The normalized spacial score (nSPS) is 10.9. The summed E-state index contributed by atoms with van der Waals surface area (Å²) in [5.41, 5.74) is 2.04. The molecule has 0 bridgehead atoms. The third kappa shape index (κ3) is 0.994. The van der Waals surface area contributed by atoms with Crippen LogP contribution in [0.4, 0.5) is 0 Å². The molecular formula is C9H9ClN2. The van der Waals surface area contributed by atoms with Crippen molar-refractivity contribution >= 4 is 22.5 Å². The van der Waals surface area contributed by atoms with E-state index < -0.39 is 0 Å². The van der Waals surface area contributed by atoms with Crippen LogP contribution in [-0.4, -0.2) is 9.78 Å². The van der Waals surface area contributed by atoms with Crippen LogP contribution in [0.2, 0.25) is 5.02 Å². The van der Waals surface area contributed by atoms with Crippen LogP contribution in [0.3, 0.4) is 0 Å². The largest absolute Gasteiger partial charge is 0.275 e. The second kappa shape index (κ2) is 2.49. The molecule has 0 spiro atoms. The lowest BCUT2D eigenvalue weighted by molar-refractivity contribution is 0.779. The summed E-state index contributed by atoms with van der Waals surface area (Å²) in [7, 11) is 1.91. The zero-order valence-corrected chi connectivity index (χ0v) is 7.76. The maximum atomic E-state index is 5.95. The molecule has 3 heteroatoms. The lowest BCUT2D eigenvalue weighted by atomic mass is 10.2. The van der Waals surface area contributed by atoms with Gasteiger partial charge in [-0.3, -0.25) is 4.68 Å². The zero-order chi connectivity index (χ0) is 8.72. The minimum Gasteiger partial charge on any atom is -0.275 e. The highest BCUT2D eigenvalue weighted by Gasteiger charge is 2.03. The fourth-order valence-electron chi connectivity index (χ4n) is 1.32. The van der Waals surface area contributed by atoms with Gasteiger partial charge in [-0.05, 0) is 24.6 Å². The Hall–Kier alpha value is -1.02. The molecular weight excluding hydrogens is 172 g/mol. The van der Waals surface area contributed by atoms with E-state index in [1.165, 1.54) is 0 Å². The Morgan fingerprint density at radius 2 is 2.17 bits per heavy atom. The SMILES string of the molecule is Cc1c(Cl)ccc2cn(C)nc12. The highest BCUT2D eigenvalue weighted by Crippen LogP contribution is 2.23. The first-order valence-corrected chi connectivity index (χ1v) is 4.15. The van der Waals surface area contributed by atoms with E-state index >= 15 is 0 Å². The van der Waals surface area contributed by atoms with Gasteiger partial charge in [0.2, 0.25) is 0 Å². The van der Waals surface area contributed by atoms with Crippen molar-refractivity contribution in [1.29, 1.82) is 0 Å². The van der Waals surface area contributed by atoms with E-state index in [1.54, 1.807) is 4.68 Å². The monoisotopic (exact) mass is 180 g/mol. The van der Waals surface area contributed by atoms with E-state index in [0.29, 0.717) is 0 Å². The predicted molar refractivity (Wildman–Crippen MR) is 50.5 cm³/mol. The summed E-state index contributed by atoms with van der Waals surface area (Å²) in [4.78, 5) is 0. The molecule has 0 aliphatic rings. The molecule has 0 radical (unpaired) electrons. The second-order valence-corrected chi connectivity index (χ2v) is 3.32. The van der Waals surface area contributed by atoms with Gasteiger partial charge < -0.3 is 0 Å². The standard InChI is InChI=1S/C9H9ClN2/c1-6-8(10)4-3-7-5-12(2)11-9(6)7/h3-5H,1-2H3. The first kappa shape index (κ1) is 7.62. The molecule has 0 atom stereocenters. The summed E-state index contributed by atoms with van der Waals surface area (Å²) in [5, 5.41) is 6.22. The van der Waals surface area contributed by atoms with Gasteiger partial charge >= 0.3 is 0 Å². The van der Waals surface area contributed by atoms with Gasteiger partial charge in [-0.15, -0.1) is 0 Å². The van der Waals surface area contributed by atoms with E-state index in [4.69, 9.17) is 11.6 Å². The molecule has 2 aromatic rings. The number of benzene rings is 1. The average molecular weight is 181 g/mol. The molecule has 0 amide bonds. The molecule has 0 N–H and O–H groups in total. The van der Waals surface area contributed by atoms with Gasteiger partial charge in [0.25, 0.3) is 0 Å². The minimum atomic E-state index is 0.779. The molecule has 12 heavy (non-hydrogen) atoms. The Morgan fingerprint density at radius 3 is 2.92 bits per heavy atom. The highest BCUT2D eigenvalue weighted by atomic mass is 35.5. The summed E-state index contributed by atoms with van der Waals surface area (Å²) in [6.45, 7) is 1.98. The van der Waals surface area contributed by atoms with Crippen molar-refractivity contribution in [1.82, 2.24) is 9.78 Å². The van der Waals surface area contributed by atoms with Crippen LogP contribution < -0.4 is 0 Å². The number of halogens is 1. The smallest absolute Gasteiger partial charge is 0.0967 e. The summed E-state index contributed by atoms with van der Waals surface area (Å²) < 4.78 is 1.80. The molecule has 0 saturated heterocycles. The van der Waals surface area contributed by atoms with Crippen LogP contribution in [0, 0.1) is 6.92 Å². The van der Waals surface area contributed by atoms with Crippen molar-refractivity contribution in [2.24, 2.45) is 7.05 Å². The highest BCUT2D eigenvalue weighted by molar-refractivity contribution is 6.32. The van der Waals surface area contributed by atoms with E-state index in [2.05, 4.69) is 5.10 Å². The first-order chi connectivity index (χ1) is 5.68. The van der Waals surface area contributed by atoms with Gasteiger partial charge in [-0.1, -0.05) is 11.6 Å². The Kier molecular flexibility index (Phi) is 1.58. The topological polar surface area (TPSA) is 17.8 Å². The van der Waals surface area contributed by atoms with Gasteiger partial charge in [-0.2, -0.15) is 5.10 Å². The third-order valence-electron chi connectivity index (χ3n) is 1.98. The molecule has 2 rings (SSSR count). The number of aromatic nitrogens is 2. The fraction of sp³-hybridized carbons (Fsp3) is 0.222. The molecule has 0 saturated carbocycles. The predicted octanol–water partition coefficient (Wildman–Crippen LogP) is 2.54. The summed E-state index contributed by atoms with van der Waals surface area (Å²) >= 11 is 5.95. The van der Waals surface area contributed by atoms with Gasteiger partial charge in [0, 0.05) is 23.7 Å². The number of aryl methyl sites for hydroxylation is 2. The third-order valence-corrected chi connectivity index (χ3v) is 2.39. The Morgan fingerprint density at radius 1 is 1.42 bits per heavy atom. The second-order valence-electron chi connectivity index (χ2n) is 2.91. The minimum absolute atomic E-state index is 0.779. The molecule has 1 heterocycles. The summed E-state index contributed by atoms with van der Waals surface area (Å²) in [6.07, 6.45) is 1.98. The van der Waals surface area contributed by atoms with E-state index in [9.17, 15) is 0 Å². The van der Waals surface area contributed by atoms with Crippen molar-refractivity contribution in [2.75, 3.05) is 0 Å². The summed E-state index contributed by atoms with van der Waals surface area (Å²) in [5.74, 6) is 0. The maximum Gasteiger partial charge on any atom is 0.0967 e. The van der Waals surface area contributed by atoms with Crippen LogP contribution in [0.15, 0.2) is 18.3 Å². The summed E-state index contributed by atoms with van der Waals surface area (Å²) in [6, 6.07) is 3.89. The van der Waals surface area contributed by atoms with Crippen LogP contribution >= 0.6 is 11.6 Å². The van der Waals surface area contributed by atoms with Crippen molar-refractivity contribution in [2.45, 2.75) is 6.92 Å². The van der Waals surface area contributed by atoms with Gasteiger partial charge in [0.1, 0.15) is 0 Å². The molecule has 0 aliphatic carbocycles. The first-order valence-electron chi connectivity index (χ1n) is 3.77. The fourth-order valence-corrected chi connectivity index (χ4v) is 1.47. The Labute approximate surface area is 75.8 Å². The van der Waals surface area contributed by atoms with Gasteiger partial charge in [0.05, 0.1) is 5.52 Å². The van der Waals surface area contributed by atoms with Crippen molar-refractivity contribution < 1.29 is 0 Å². The van der Waals surface area contributed by atoms with Crippen LogP contribution in [0.1, 0.15) is 5.56 Å². The van der Waals surface area contributed by atoms with Crippen molar-refractivity contribution in [3.63, 3.8) is 0 Å². The van der Waals surface area contributed by atoms with Gasteiger partial charge in [-0.25, -0.2) is 0 Å². The zero-order valence-electron chi connectivity index (χ0n) is 7.00. The van der Waals surface area contributed by atoms with Crippen LogP contribution in [0.5, 0.6) is 0 Å². The number of hydrogen-bond donors (Lipinski definition) is 0. The molecule has 0 fully saturated rings. The lowest BCUT2D eigenvalue weighted by Crippen LogP contribution is -1.86. The number of nitrogens with zero attached hydrogens (tertiary/aromatic N) is 2. The van der Waals surface area contributed by atoms with E-state index in [0.717, 1.165) is 21.5 Å². The molecule has 0 aliphatic heterocycles.